The monoisotopic (exact) mass is 316 g/mol. The van der Waals surface area contributed by atoms with Crippen molar-refractivity contribution in [3.05, 3.63) is 72.1 Å². The molecule has 2 aromatic heterocycles. The summed E-state index contributed by atoms with van der Waals surface area (Å²) in [6.45, 7) is 2.67. The minimum atomic E-state index is 0.623. The maximum absolute atomic E-state index is 4.35. The van der Waals surface area contributed by atoms with Crippen LogP contribution in [0.15, 0.2) is 60.9 Å². The standard InChI is InChI=1S/C18H16N6/c1-13-7-5-6-10-15(13)21-17-16-18(20-12-19-17)24(23-22-16)11-14-8-3-2-4-9-14/h2-10,12H,11H2,1H3,(H,19,20,21). The lowest BCUT2D eigenvalue weighted by Gasteiger charge is -2.08. The van der Waals surface area contributed by atoms with Gasteiger partial charge in [0.15, 0.2) is 17.0 Å². The van der Waals surface area contributed by atoms with Crippen LogP contribution in [-0.4, -0.2) is 25.0 Å². The van der Waals surface area contributed by atoms with Crippen LogP contribution in [0.3, 0.4) is 0 Å². The molecule has 6 nitrogen and oxygen atoms in total. The van der Waals surface area contributed by atoms with E-state index in [1.807, 2.05) is 49.4 Å². The number of hydrogen-bond acceptors (Lipinski definition) is 5. The Hall–Kier alpha value is -3.28. The number of fused-ring (bicyclic) bond motifs is 1. The number of rotatable bonds is 4. The van der Waals surface area contributed by atoms with E-state index in [4.69, 9.17) is 0 Å². The Bertz CT molecular complexity index is 977. The fourth-order valence-corrected chi connectivity index (χ4v) is 2.59. The molecule has 0 fully saturated rings. The summed E-state index contributed by atoms with van der Waals surface area (Å²) in [4.78, 5) is 8.67. The van der Waals surface area contributed by atoms with E-state index < -0.39 is 0 Å². The molecule has 0 unspecified atom stereocenters. The minimum Gasteiger partial charge on any atom is -0.338 e. The normalized spacial score (nSPS) is 10.9. The molecular formula is C18H16N6. The van der Waals surface area contributed by atoms with Crippen LogP contribution in [0.4, 0.5) is 11.5 Å². The van der Waals surface area contributed by atoms with E-state index in [0.29, 0.717) is 23.5 Å². The van der Waals surface area contributed by atoms with E-state index in [1.54, 1.807) is 4.68 Å². The zero-order valence-corrected chi connectivity index (χ0v) is 13.2. The van der Waals surface area contributed by atoms with Crippen molar-refractivity contribution in [1.82, 2.24) is 25.0 Å². The molecule has 4 rings (SSSR count). The predicted molar refractivity (Wildman–Crippen MR) is 93.1 cm³/mol. The van der Waals surface area contributed by atoms with Gasteiger partial charge in [-0.2, -0.15) is 0 Å². The van der Waals surface area contributed by atoms with Crippen LogP contribution in [0.1, 0.15) is 11.1 Å². The Kier molecular flexibility index (Phi) is 3.63. The molecule has 2 heterocycles. The second-order valence-electron chi connectivity index (χ2n) is 5.57. The first-order valence-corrected chi connectivity index (χ1v) is 7.72. The number of hydrogen-bond donors (Lipinski definition) is 1. The van der Waals surface area contributed by atoms with E-state index in [2.05, 4.69) is 37.7 Å². The maximum atomic E-state index is 4.35. The highest BCUT2D eigenvalue weighted by molar-refractivity contribution is 5.84. The highest BCUT2D eigenvalue weighted by Crippen LogP contribution is 2.23. The van der Waals surface area contributed by atoms with Crippen molar-refractivity contribution in [3.63, 3.8) is 0 Å². The summed E-state index contributed by atoms with van der Waals surface area (Å²) >= 11 is 0. The van der Waals surface area contributed by atoms with Crippen LogP contribution < -0.4 is 5.32 Å². The Morgan fingerprint density at radius 1 is 0.958 bits per heavy atom. The molecule has 6 heteroatoms. The molecule has 4 aromatic rings. The van der Waals surface area contributed by atoms with Crippen LogP contribution in [0, 0.1) is 6.92 Å². The number of nitrogens with zero attached hydrogens (tertiary/aromatic N) is 5. The fraction of sp³-hybridized carbons (Fsp3) is 0.111. The Morgan fingerprint density at radius 3 is 2.58 bits per heavy atom. The molecule has 0 saturated heterocycles. The quantitative estimate of drug-likeness (QED) is 0.625. The van der Waals surface area contributed by atoms with Gasteiger partial charge in [0.1, 0.15) is 6.33 Å². The molecule has 0 atom stereocenters. The maximum Gasteiger partial charge on any atom is 0.184 e. The lowest BCUT2D eigenvalue weighted by atomic mass is 10.2. The van der Waals surface area contributed by atoms with Gasteiger partial charge in [-0.15, -0.1) is 5.10 Å². The van der Waals surface area contributed by atoms with Crippen molar-refractivity contribution in [2.24, 2.45) is 0 Å². The molecule has 1 N–H and O–H groups in total. The summed E-state index contributed by atoms with van der Waals surface area (Å²) in [6, 6.07) is 18.2. The Balaban J connectivity index is 1.70. The van der Waals surface area contributed by atoms with Crippen molar-refractivity contribution >= 4 is 22.7 Å². The summed E-state index contributed by atoms with van der Waals surface area (Å²) in [6.07, 6.45) is 1.54. The highest BCUT2D eigenvalue weighted by Gasteiger charge is 2.12. The molecule has 118 valence electrons. The van der Waals surface area contributed by atoms with Crippen LogP contribution in [0.25, 0.3) is 11.2 Å². The van der Waals surface area contributed by atoms with Crippen molar-refractivity contribution in [3.8, 4) is 0 Å². The molecule has 0 aliphatic heterocycles. The van der Waals surface area contributed by atoms with Gasteiger partial charge in [-0.3, -0.25) is 0 Å². The van der Waals surface area contributed by atoms with E-state index in [9.17, 15) is 0 Å². The molecule has 0 saturated carbocycles. The lowest BCUT2D eigenvalue weighted by Crippen LogP contribution is -2.03. The lowest BCUT2D eigenvalue weighted by molar-refractivity contribution is 0.664. The van der Waals surface area contributed by atoms with Gasteiger partial charge in [0, 0.05) is 5.69 Å². The average Bonchev–Trinajstić information content (AvgIpc) is 3.02. The van der Waals surface area contributed by atoms with Gasteiger partial charge in [0.05, 0.1) is 6.54 Å². The van der Waals surface area contributed by atoms with Gasteiger partial charge < -0.3 is 5.32 Å². The molecule has 0 aliphatic carbocycles. The van der Waals surface area contributed by atoms with Crippen LogP contribution in [0.2, 0.25) is 0 Å². The SMILES string of the molecule is Cc1ccccc1Nc1ncnc2c1nnn2Cc1ccccc1. The molecule has 0 amide bonds. The largest absolute Gasteiger partial charge is 0.338 e. The third-order valence-electron chi connectivity index (χ3n) is 3.87. The first-order valence-electron chi connectivity index (χ1n) is 7.72. The van der Waals surface area contributed by atoms with Gasteiger partial charge in [-0.25, -0.2) is 14.6 Å². The van der Waals surface area contributed by atoms with Crippen LogP contribution in [0.5, 0.6) is 0 Å². The molecule has 0 aliphatic rings. The average molecular weight is 316 g/mol. The third kappa shape index (κ3) is 2.69. The summed E-state index contributed by atoms with van der Waals surface area (Å²) in [5.41, 5.74) is 4.66. The van der Waals surface area contributed by atoms with Crippen LogP contribution >= 0.6 is 0 Å². The number of para-hydroxylation sites is 1. The number of aromatic nitrogens is 5. The highest BCUT2D eigenvalue weighted by atomic mass is 15.4. The van der Waals surface area contributed by atoms with Gasteiger partial charge in [0.25, 0.3) is 0 Å². The summed E-state index contributed by atoms with van der Waals surface area (Å²) in [7, 11) is 0. The van der Waals surface area contributed by atoms with Gasteiger partial charge in [-0.05, 0) is 24.1 Å². The molecule has 2 aromatic carbocycles. The molecule has 0 bridgehead atoms. The van der Waals surface area contributed by atoms with Crippen molar-refractivity contribution < 1.29 is 0 Å². The fourth-order valence-electron chi connectivity index (χ4n) is 2.59. The van der Waals surface area contributed by atoms with Crippen molar-refractivity contribution in [1.29, 1.82) is 0 Å². The van der Waals surface area contributed by atoms with E-state index >= 15 is 0 Å². The van der Waals surface area contributed by atoms with E-state index in [1.165, 1.54) is 6.33 Å². The van der Waals surface area contributed by atoms with Crippen LogP contribution in [-0.2, 0) is 6.54 Å². The molecule has 0 radical (unpaired) electrons. The smallest absolute Gasteiger partial charge is 0.184 e. The summed E-state index contributed by atoms with van der Waals surface area (Å²) < 4.78 is 1.79. The molecular weight excluding hydrogens is 300 g/mol. The minimum absolute atomic E-state index is 0.623. The van der Waals surface area contributed by atoms with Crippen molar-refractivity contribution in [2.45, 2.75) is 13.5 Å². The topological polar surface area (TPSA) is 68.5 Å². The van der Waals surface area contributed by atoms with Gasteiger partial charge in [0.2, 0.25) is 0 Å². The Morgan fingerprint density at radius 2 is 1.75 bits per heavy atom. The van der Waals surface area contributed by atoms with Gasteiger partial charge in [-0.1, -0.05) is 53.7 Å². The summed E-state index contributed by atoms with van der Waals surface area (Å²) in [5.74, 6) is 0.661. The third-order valence-corrected chi connectivity index (χ3v) is 3.87. The second-order valence-corrected chi connectivity index (χ2v) is 5.57. The molecule has 24 heavy (non-hydrogen) atoms. The zero-order valence-electron chi connectivity index (χ0n) is 13.2. The van der Waals surface area contributed by atoms with Gasteiger partial charge >= 0.3 is 0 Å². The number of anilines is 2. The molecule has 0 spiro atoms. The number of aryl methyl sites for hydroxylation is 1. The Labute approximate surface area is 139 Å². The number of benzene rings is 2. The number of nitrogens with one attached hydrogen (secondary N) is 1. The second kappa shape index (κ2) is 6.08. The van der Waals surface area contributed by atoms with E-state index in [0.717, 1.165) is 16.8 Å². The first-order chi connectivity index (χ1) is 11.8. The zero-order chi connectivity index (χ0) is 16.4. The van der Waals surface area contributed by atoms with E-state index in [-0.39, 0.29) is 0 Å². The summed E-state index contributed by atoms with van der Waals surface area (Å²) in [5, 5.41) is 11.8. The first kappa shape index (κ1) is 14.3. The predicted octanol–water partition coefficient (Wildman–Crippen LogP) is 3.32. The van der Waals surface area contributed by atoms with Crippen molar-refractivity contribution in [2.75, 3.05) is 5.32 Å².